The predicted molar refractivity (Wildman–Crippen MR) is 118 cm³/mol. The Labute approximate surface area is 186 Å². The van der Waals surface area contributed by atoms with Gasteiger partial charge in [-0.2, -0.15) is 4.31 Å². The van der Waals surface area contributed by atoms with Crippen molar-refractivity contribution in [1.82, 2.24) is 9.29 Å². The molecule has 4 rings (SSSR count). The fourth-order valence-corrected chi connectivity index (χ4v) is 5.25. The molecule has 0 amide bonds. The van der Waals surface area contributed by atoms with E-state index in [1.54, 1.807) is 24.4 Å². The fraction of sp³-hybridized carbons (Fsp3) is 0.217. The zero-order valence-corrected chi connectivity index (χ0v) is 18.0. The molecule has 3 aromatic rings. The van der Waals surface area contributed by atoms with Gasteiger partial charge in [-0.05, 0) is 48.4 Å². The molecule has 1 saturated heterocycles. The molecular weight excluding hydrogens is 430 g/mol. The first-order chi connectivity index (χ1) is 15.3. The Morgan fingerprint density at radius 3 is 2.47 bits per heavy atom. The Bertz CT molecular complexity index is 1200. The van der Waals surface area contributed by atoms with Gasteiger partial charge in [0, 0.05) is 6.20 Å². The van der Waals surface area contributed by atoms with Gasteiger partial charge in [0.25, 0.3) is 0 Å². The number of para-hydroxylation sites is 1. The second kappa shape index (κ2) is 8.70. The largest absolute Gasteiger partial charge is 0.480 e. The van der Waals surface area contributed by atoms with Crippen LogP contribution in [0.1, 0.15) is 11.3 Å². The number of sulfonamides is 1. The minimum absolute atomic E-state index is 0.0354. The zero-order valence-electron chi connectivity index (χ0n) is 17.2. The number of pyridine rings is 1. The molecule has 1 fully saturated rings. The average Bonchev–Trinajstić information content (AvgIpc) is 2.77. The van der Waals surface area contributed by atoms with E-state index in [0.29, 0.717) is 17.0 Å². The van der Waals surface area contributed by atoms with Crippen LogP contribution in [-0.4, -0.2) is 47.9 Å². The van der Waals surface area contributed by atoms with Crippen LogP contribution in [-0.2, 0) is 26.8 Å². The lowest BCUT2D eigenvalue weighted by molar-refractivity contribution is -0.138. The normalized spacial score (nSPS) is 16.7. The van der Waals surface area contributed by atoms with Gasteiger partial charge in [0.05, 0.1) is 23.7 Å². The Morgan fingerprint density at radius 1 is 1.09 bits per heavy atom. The van der Waals surface area contributed by atoms with Gasteiger partial charge in [-0.25, -0.2) is 8.42 Å². The number of carbonyl (C=O) groups is 1. The molecule has 0 spiro atoms. The lowest BCUT2D eigenvalue weighted by Gasteiger charge is -2.48. The van der Waals surface area contributed by atoms with E-state index in [9.17, 15) is 13.2 Å². The molecule has 32 heavy (non-hydrogen) atoms. The quantitative estimate of drug-likeness (QED) is 0.535. The maximum absolute atomic E-state index is 13.3. The number of aliphatic carboxylic acids is 1. The van der Waals surface area contributed by atoms with Crippen molar-refractivity contribution in [3.05, 3.63) is 90.3 Å². The third-order valence-corrected chi connectivity index (χ3v) is 7.15. The van der Waals surface area contributed by atoms with Crippen LogP contribution in [0.2, 0.25) is 0 Å². The average molecular weight is 454 g/mol. The molecule has 1 atom stereocenters. The Hall–Kier alpha value is -3.27. The van der Waals surface area contributed by atoms with Crippen LogP contribution in [0.25, 0.3) is 0 Å². The smallest absolute Gasteiger partial charge is 0.320 e. The van der Waals surface area contributed by atoms with Gasteiger partial charge in [-0.3, -0.25) is 9.78 Å². The molecule has 0 bridgehead atoms. The number of rotatable bonds is 8. The van der Waals surface area contributed by atoms with Gasteiger partial charge in [0.2, 0.25) is 10.0 Å². The van der Waals surface area contributed by atoms with E-state index in [1.807, 2.05) is 42.5 Å². The molecule has 1 aliphatic heterocycles. The lowest BCUT2D eigenvalue weighted by Crippen LogP contribution is -2.64. The van der Waals surface area contributed by atoms with Crippen molar-refractivity contribution in [1.29, 1.82) is 0 Å². The van der Waals surface area contributed by atoms with Crippen LogP contribution < -0.4 is 10.5 Å². The molecule has 166 valence electrons. The van der Waals surface area contributed by atoms with E-state index in [1.165, 1.54) is 16.4 Å². The van der Waals surface area contributed by atoms with Crippen LogP contribution in [0, 0.1) is 0 Å². The minimum Gasteiger partial charge on any atom is -0.480 e. The van der Waals surface area contributed by atoms with Crippen molar-refractivity contribution >= 4 is 16.0 Å². The molecule has 0 radical (unpaired) electrons. The van der Waals surface area contributed by atoms with Crippen molar-refractivity contribution in [2.24, 2.45) is 5.73 Å². The van der Waals surface area contributed by atoms with E-state index in [0.717, 1.165) is 0 Å². The summed E-state index contributed by atoms with van der Waals surface area (Å²) in [6.07, 6.45) is 1.69. The highest BCUT2D eigenvalue weighted by Crippen LogP contribution is 2.39. The maximum atomic E-state index is 13.3. The number of carboxylic acids is 1. The Kier molecular flexibility index (Phi) is 5.96. The van der Waals surface area contributed by atoms with Crippen LogP contribution in [0.3, 0.4) is 0 Å². The molecular formula is C23H23N3O5S. The molecule has 2 heterocycles. The van der Waals surface area contributed by atoms with Crippen molar-refractivity contribution in [2.45, 2.75) is 23.0 Å². The molecule has 3 N–H and O–H groups in total. The minimum atomic E-state index is -3.81. The first kappa shape index (κ1) is 21.9. The highest BCUT2D eigenvalue weighted by atomic mass is 32.2. The van der Waals surface area contributed by atoms with Crippen molar-refractivity contribution in [3.63, 3.8) is 0 Å². The monoisotopic (exact) mass is 453 g/mol. The zero-order chi connectivity index (χ0) is 22.8. The third kappa shape index (κ3) is 4.36. The van der Waals surface area contributed by atoms with E-state index in [-0.39, 0.29) is 24.4 Å². The number of benzene rings is 2. The number of aromatic nitrogens is 1. The first-order valence-electron chi connectivity index (χ1n) is 10.0. The molecule has 0 aliphatic carbocycles. The standard InChI is InChI=1S/C23H23N3O5S/c24-20(22(27)28)14-17-7-6-10-19(13-17)32(29,30)26-15-23(16-26,21-11-4-5-12-25-21)31-18-8-2-1-3-9-18/h1-13,20H,14-16,24H2,(H,27,28). The van der Waals surface area contributed by atoms with Gasteiger partial charge < -0.3 is 15.6 Å². The molecule has 1 aromatic heterocycles. The van der Waals surface area contributed by atoms with E-state index >= 15 is 0 Å². The highest BCUT2D eigenvalue weighted by Gasteiger charge is 2.53. The number of nitrogens with two attached hydrogens (primary N) is 1. The number of hydrogen-bond donors (Lipinski definition) is 2. The fourth-order valence-electron chi connectivity index (χ4n) is 3.64. The lowest BCUT2D eigenvalue weighted by atomic mass is 9.92. The number of ether oxygens (including phenoxy) is 1. The second-order valence-electron chi connectivity index (χ2n) is 7.69. The van der Waals surface area contributed by atoms with E-state index in [4.69, 9.17) is 15.6 Å². The molecule has 0 saturated carbocycles. The van der Waals surface area contributed by atoms with Gasteiger partial charge in [0.15, 0.2) is 5.60 Å². The SMILES string of the molecule is NC(Cc1cccc(S(=O)(=O)N2CC(Oc3ccccc3)(c3ccccn3)C2)c1)C(=O)O. The molecule has 2 aromatic carbocycles. The second-order valence-corrected chi connectivity index (χ2v) is 9.63. The van der Waals surface area contributed by atoms with Gasteiger partial charge in [-0.1, -0.05) is 36.4 Å². The molecule has 1 unspecified atom stereocenters. The molecule has 9 heteroatoms. The highest BCUT2D eigenvalue weighted by molar-refractivity contribution is 7.89. The summed E-state index contributed by atoms with van der Waals surface area (Å²) in [7, 11) is -3.81. The first-order valence-corrected chi connectivity index (χ1v) is 11.5. The van der Waals surface area contributed by atoms with Crippen molar-refractivity contribution in [2.75, 3.05) is 13.1 Å². The van der Waals surface area contributed by atoms with E-state index in [2.05, 4.69) is 4.98 Å². The third-order valence-electron chi connectivity index (χ3n) is 5.36. The summed E-state index contributed by atoms with van der Waals surface area (Å²) in [5.74, 6) is -0.515. The number of hydrogen-bond acceptors (Lipinski definition) is 6. The molecule has 8 nitrogen and oxygen atoms in total. The number of nitrogens with zero attached hydrogens (tertiary/aromatic N) is 2. The van der Waals surface area contributed by atoms with Crippen molar-refractivity contribution in [3.8, 4) is 5.75 Å². The topological polar surface area (TPSA) is 123 Å². The Morgan fingerprint density at radius 2 is 1.81 bits per heavy atom. The predicted octanol–water partition coefficient (Wildman–Crippen LogP) is 2.01. The Balaban J connectivity index is 1.58. The summed E-state index contributed by atoms with van der Waals surface area (Å²) < 4.78 is 34.1. The van der Waals surface area contributed by atoms with Gasteiger partial charge in [0.1, 0.15) is 11.8 Å². The molecule has 1 aliphatic rings. The summed E-state index contributed by atoms with van der Waals surface area (Å²) in [6.45, 7) is 0.195. The summed E-state index contributed by atoms with van der Waals surface area (Å²) in [5, 5.41) is 9.02. The van der Waals surface area contributed by atoms with E-state index < -0.39 is 27.6 Å². The number of carboxylic acid groups (broad SMARTS) is 1. The van der Waals surface area contributed by atoms with Crippen molar-refractivity contribution < 1.29 is 23.1 Å². The van der Waals surface area contributed by atoms with Gasteiger partial charge in [-0.15, -0.1) is 0 Å². The van der Waals surface area contributed by atoms with Gasteiger partial charge >= 0.3 is 5.97 Å². The summed E-state index contributed by atoms with van der Waals surface area (Å²) >= 11 is 0. The summed E-state index contributed by atoms with van der Waals surface area (Å²) in [6, 6.07) is 19.8. The van der Waals surface area contributed by atoms with Crippen LogP contribution in [0.15, 0.2) is 83.9 Å². The summed E-state index contributed by atoms with van der Waals surface area (Å²) in [4.78, 5) is 15.5. The van der Waals surface area contributed by atoms with Crippen LogP contribution in [0.5, 0.6) is 5.75 Å². The van der Waals surface area contributed by atoms with Crippen LogP contribution >= 0.6 is 0 Å². The summed E-state index contributed by atoms with van der Waals surface area (Å²) in [5.41, 5.74) is 5.88. The van der Waals surface area contributed by atoms with Crippen LogP contribution in [0.4, 0.5) is 0 Å². The maximum Gasteiger partial charge on any atom is 0.320 e.